The van der Waals surface area contributed by atoms with E-state index in [0.29, 0.717) is 27.6 Å². The number of hydrazone groups is 1. The molecule has 0 aliphatic rings. The number of amides is 1. The van der Waals surface area contributed by atoms with Gasteiger partial charge in [0.1, 0.15) is 6.61 Å². The van der Waals surface area contributed by atoms with Gasteiger partial charge in [0.05, 0.1) is 33.9 Å². The third kappa shape index (κ3) is 6.21. The van der Waals surface area contributed by atoms with Crippen LogP contribution in [0.15, 0.2) is 59.7 Å². The number of carbonyl (C=O) groups is 1. The van der Waals surface area contributed by atoms with Crippen molar-refractivity contribution in [2.24, 2.45) is 5.10 Å². The topological polar surface area (TPSA) is 103 Å². The molecule has 0 atom stereocenters. The monoisotopic (exact) mass is 487 g/mol. The maximum Gasteiger partial charge on any atom is 0.272 e. The van der Waals surface area contributed by atoms with Crippen molar-refractivity contribution in [1.82, 2.24) is 5.43 Å². The summed E-state index contributed by atoms with van der Waals surface area (Å²) in [6.07, 6.45) is 1.41. The Bertz CT molecular complexity index is 1210. The van der Waals surface area contributed by atoms with E-state index in [1.807, 2.05) is 6.92 Å². The van der Waals surface area contributed by atoms with E-state index in [0.717, 1.165) is 11.1 Å². The van der Waals surface area contributed by atoms with Gasteiger partial charge in [0.15, 0.2) is 11.5 Å². The molecule has 0 spiro atoms. The van der Waals surface area contributed by atoms with Crippen LogP contribution in [0, 0.1) is 17.0 Å². The summed E-state index contributed by atoms with van der Waals surface area (Å²) in [5, 5.41) is 15.3. The predicted octanol–water partition coefficient (Wildman–Crippen LogP) is 5.56. The van der Waals surface area contributed by atoms with Crippen LogP contribution in [0.2, 0.25) is 10.0 Å². The van der Waals surface area contributed by atoms with Crippen molar-refractivity contribution in [2.45, 2.75) is 13.5 Å². The largest absolute Gasteiger partial charge is 0.493 e. The number of aryl methyl sites for hydroxylation is 1. The van der Waals surface area contributed by atoms with E-state index < -0.39 is 10.8 Å². The van der Waals surface area contributed by atoms with E-state index in [9.17, 15) is 14.9 Å². The number of rotatable bonds is 8. The second-order valence-electron chi connectivity index (χ2n) is 6.93. The molecule has 0 aromatic heterocycles. The highest BCUT2D eigenvalue weighted by Gasteiger charge is 2.13. The number of ether oxygens (including phenoxy) is 2. The summed E-state index contributed by atoms with van der Waals surface area (Å²) in [7, 11) is 1.46. The zero-order valence-electron chi connectivity index (χ0n) is 17.7. The van der Waals surface area contributed by atoms with Gasteiger partial charge in [0, 0.05) is 12.1 Å². The highest BCUT2D eigenvalue weighted by molar-refractivity contribution is 6.34. The van der Waals surface area contributed by atoms with Crippen molar-refractivity contribution in [3.05, 3.63) is 97.0 Å². The molecule has 0 radical (unpaired) electrons. The standard InChI is InChI=1S/C23H19Cl2N3O5/c1-14-3-8-18(19(24)9-14)23(29)27-26-12-16-10-20(25)22(21(11-16)32-2)33-13-15-4-6-17(7-5-15)28(30)31/h3-12H,13H2,1-2H3,(H,27,29)/b26-12-. The number of benzene rings is 3. The molecule has 10 heteroatoms. The number of nitrogens with one attached hydrogen (secondary N) is 1. The Balaban J connectivity index is 1.69. The van der Waals surface area contributed by atoms with Gasteiger partial charge in [-0.3, -0.25) is 14.9 Å². The Labute approximate surface area is 199 Å². The summed E-state index contributed by atoms with van der Waals surface area (Å²) in [4.78, 5) is 22.6. The minimum atomic E-state index is -0.470. The number of carbonyl (C=O) groups excluding carboxylic acids is 1. The molecule has 3 aromatic carbocycles. The molecule has 170 valence electrons. The third-order valence-corrected chi connectivity index (χ3v) is 5.12. The number of methoxy groups -OCH3 is 1. The van der Waals surface area contributed by atoms with Crippen molar-refractivity contribution in [2.75, 3.05) is 7.11 Å². The maximum atomic E-state index is 12.3. The van der Waals surface area contributed by atoms with Crippen LogP contribution in [0.5, 0.6) is 11.5 Å². The summed E-state index contributed by atoms with van der Waals surface area (Å²) < 4.78 is 11.1. The number of non-ortho nitro benzene ring substituents is 1. The lowest BCUT2D eigenvalue weighted by atomic mass is 10.1. The van der Waals surface area contributed by atoms with Crippen molar-refractivity contribution in [1.29, 1.82) is 0 Å². The van der Waals surface area contributed by atoms with Gasteiger partial charge in [-0.15, -0.1) is 0 Å². The van der Waals surface area contributed by atoms with Gasteiger partial charge in [0.25, 0.3) is 11.6 Å². The van der Waals surface area contributed by atoms with E-state index in [-0.39, 0.29) is 17.3 Å². The van der Waals surface area contributed by atoms with Gasteiger partial charge in [-0.05, 0) is 60.0 Å². The molecule has 0 saturated carbocycles. The molecule has 0 fully saturated rings. The molecule has 33 heavy (non-hydrogen) atoms. The molecule has 0 saturated heterocycles. The van der Waals surface area contributed by atoms with E-state index in [1.54, 1.807) is 42.5 Å². The number of hydrogen-bond acceptors (Lipinski definition) is 6. The summed E-state index contributed by atoms with van der Waals surface area (Å²) in [5.74, 6) is 0.223. The second-order valence-corrected chi connectivity index (χ2v) is 7.74. The first kappa shape index (κ1) is 24.0. The lowest BCUT2D eigenvalue weighted by Gasteiger charge is -2.13. The van der Waals surface area contributed by atoms with E-state index in [2.05, 4.69) is 10.5 Å². The molecule has 1 amide bonds. The molecule has 3 aromatic rings. The van der Waals surface area contributed by atoms with Crippen molar-refractivity contribution in [3.8, 4) is 11.5 Å². The van der Waals surface area contributed by atoms with Crippen molar-refractivity contribution >= 4 is 41.0 Å². The number of nitrogens with zero attached hydrogens (tertiary/aromatic N) is 2. The summed E-state index contributed by atoms with van der Waals surface area (Å²) in [5.41, 5.74) is 4.96. The molecule has 0 heterocycles. The quantitative estimate of drug-likeness (QED) is 0.254. The van der Waals surface area contributed by atoms with Crippen LogP contribution in [0.3, 0.4) is 0 Å². The number of nitro groups is 1. The average Bonchev–Trinajstić information content (AvgIpc) is 2.78. The molecular weight excluding hydrogens is 469 g/mol. The Morgan fingerprint density at radius 1 is 1.12 bits per heavy atom. The van der Waals surface area contributed by atoms with Crippen LogP contribution in [0.4, 0.5) is 5.69 Å². The number of nitro benzene ring substituents is 1. The maximum absolute atomic E-state index is 12.3. The van der Waals surface area contributed by atoms with E-state index in [1.165, 1.54) is 25.5 Å². The van der Waals surface area contributed by atoms with Crippen molar-refractivity contribution < 1.29 is 19.2 Å². The van der Waals surface area contributed by atoms with Crippen LogP contribution in [-0.2, 0) is 6.61 Å². The van der Waals surface area contributed by atoms with Crippen LogP contribution in [-0.4, -0.2) is 24.2 Å². The lowest BCUT2D eigenvalue weighted by Crippen LogP contribution is -2.18. The van der Waals surface area contributed by atoms with Gasteiger partial charge in [-0.2, -0.15) is 5.10 Å². The molecule has 8 nitrogen and oxygen atoms in total. The minimum Gasteiger partial charge on any atom is -0.493 e. The highest BCUT2D eigenvalue weighted by Crippen LogP contribution is 2.36. The molecule has 0 aliphatic heterocycles. The molecule has 3 rings (SSSR count). The Morgan fingerprint density at radius 3 is 2.48 bits per heavy atom. The van der Waals surface area contributed by atoms with Gasteiger partial charge < -0.3 is 9.47 Å². The van der Waals surface area contributed by atoms with Gasteiger partial charge >= 0.3 is 0 Å². The van der Waals surface area contributed by atoms with Crippen LogP contribution < -0.4 is 14.9 Å². The van der Waals surface area contributed by atoms with Crippen LogP contribution in [0.1, 0.15) is 27.0 Å². The Morgan fingerprint density at radius 2 is 1.85 bits per heavy atom. The molecule has 0 bridgehead atoms. The lowest BCUT2D eigenvalue weighted by molar-refractivity contribution is -0.384. The van der Waals surface area contributed by atoms with Gasteiger partial charge in [-0.25, -0.2) is 5.43 Å². The normalized spacial score (nSPS) is 10.8. The van der Waals surface area contributed by atoms with Crippen LogP contribution >= 0.6 is 23.2 Å². The average molecular weight is 488 g/mol. The predicted molar refractivity (Wildman–Crippen MR) is 127 cm³/mol. The number of halogens is 2. The fourth-order valence-electron chi connectivity index (χ4n) is 2.85. The molecule has 1 N–H and O–H groups in total. The fourth-order valence-corrected chi connectivity index (χ4v) is 3.45. The second kappa shape index (κ2) is 10.8. The molecule has 0 unspecified atom stereocenters. The first-order valence-electron chi connectivity index (χ1n) is 9.61. The summed E-state index contributed by atoms with van der Waals surface area (Å²) in [6, 6.07) is 14.3. The van der Waals surface area contributed by atoms with Crippen molar-refractivity contribution in [3.63, 3.8) is 0 Å². The van der Waals surface area contributed by atoms with Gasteiger partial charge in [-0.1, -0.05) is 29.3 Å². The van der Waals surface area contributed by atoms with E-state index >= 15 is 0 Å². The van der Waals surface area contributed by atoms with Gasteiger partial charge in [0.2, 0.25) is 0 Å². The summed E-state index contributed by atoms with van der Waals surface area (Å²) >= 11 is 12.5. The smallest absolute Gasteiger partial charge is 0.272 e. The van der Waals surface area contributed by atoms with Crippen LogP contribution in [0.25, 0.3) is 0 Å². The minimum absolute atomic E-state index is 0.00487. The molecular formula is C23H19Cl2N3O5. The first-order chi connectivity index (χ1) is 15.8. The zero-order valence-corrected chi connectivity index (χ0v) is 19.2. The molecule has 0 aliphatic carbocycles. The Kier molecular flexibility index (Phi) is 7.87. The summed E-state index contributed by atoms with van der Waals surface area (Å²) in [6.45, 7) is 2.01. The fraction of sp³-hybridized carbons (Fsp3) is 0.130. The SMILES string of the molecule is COc1cc(/C=N\NC(=O)c2ccc(C)cc2Cl)cc(Cl)c1OCc1ccc([N+](=O)[O-])cc1. The first-order valence-corrected chi connectivity index (χ1v) is 10.4. The Hall–Kier alpha value is -3.62. The third-order valence-electron chi connectivity index (χ3n) is 4.53. The highest BCUT2D eigenvalue weighted by atomic mass is 35.5. The van der Waals surface area contributed by atoms with E-state index in [4.69, 9.17) is 32.7 Å². The zero-order chi connectivity index (χ0) is 24.0. The number of hydrogen-bond donors (Lipinski definition) is 1.